The van der Waals surface area contributed by atoms with E-state index in [9.17, 15) is 18.0 Å². The smallest absolute Gasteiger partial charge is 0.379 e. The van der Waals surface area contributed by atoms with Crippen LogP contribution in [0.15, 0.2) is 53.8 Å². The summed E-state index contributed by atoms with van der Waals surface area (Å²) >= 11 is 0. The van der Waals surface area contributed by atoms with E-state index in [2.05, 4.69) is 10.1 Å². The standard InChI is InChI=1S/C18H18F3N3O2.ClH/c1-2-17(16(22)25,11-15-8-3-4-9-23-15)26-24-12-13-6-5-7-14(10-13)18(19,20)21;/h3-10,12H,2,11H2,1H3,(H2,22,25);1H/b24-12+;. The first-order valence-corrected chi connectivity index (χ1v) is 7.85. The molecule has 27 heavy (non-hydrogen) atoms. The normalized spacial score (nSPS) is 13.6. The minimum absolute atomic E-state index is 0. The van der Waals surface area contributed by atoms with Crippen LogP contribution >= 0.6 is 12.4 Å². The molecular weight excluding hydrogens is 383 g/mol. The second-order valence-electron chi connectivity index (χ2n) is 5.66. The Morgan fingerprint density at radius 1 is 1.26 bits per heavy atom. The van der Waals surface area contributed by atoms with Gasteiger partial charge >= 0.3 is 6.18 Å². The van der Waals surface area contributed by atoms with Crippen LogP contribution in [0, 0.1) is 0 Å². The summed E-state index contributed by atoms with van der Waals surface area (Å²) in [4.78, 5) is 21.4. The number of carbonyl (C=O) groups is 1. The van der Waals surface area contributed by atoms with Gasteiger partial charge in [0, 0.05) is 18.3 Å². The van der Waals surface area contributed by atoms with E-state index in [0.29, 0.717) is 5.69 Å². The summed E-state index contributed by atoms with van der Waals surface area (Å²) in [5.41, 5.74) is 4.01. The van der Waals surface area contributed by atoms with Crippen LogP contribution in [0.2, 0.25) is 0 Å². The molecule has 146 valence electrons. The van der Waals surface area contributed by atoms with E-state index >= 15 is 0 Å². The molecule has 1 aromatic heterocycles. The number of primary amides is 1. The predicted molar refractivity (Wildman–Crippen MR) is 97.5 cm³/mol. The van der Waals surface area contributed by atoms with Crippen LogP contribution in [-0.2, 0) is 22.2 Å². The number of hydrogen-bond acceptors (Lipinski definition) is 4. The molecule has 0 bridgehead atoms. The lowest BCUT2D eigenvalue weighted by atomic mass is 9.93. The number of nitrogens with zero attached hydrogens (tertiary/aromatic N) is 2. The van der Waals surface area contributed by atoms with Gasteiger partial charge in [-0.05, 0) is 36.2 Å². The van der Waals surface area contributed by atoms with Crippen LogP contribution < -0.4 is 5.73 Å². The first kappa shape index (κ1) is 22.4. The van der Waals surface area contributed by atoms with Crippen LogP contribution in [0.25, 0.3) is 0 Å². The van der Waals surface area contributed by atoms with E-state index < -0.39 is 23.2 Å². The molecule has 0 aliphatic carbocycles. The number of pyridine rings is 1. The van der Waals surface area contributed by atoms with Gasteiger partial charge in [-0.15, -0.1) is 12.4 Å². The molecule has 1 amide bonds. The van der Waals surface area contributed by atoms with Crippen molar-refractivity contribution in [1.82, 2.24) is 4.98 Å². The van der Waals surface area contributed by atoms with Crippen LogP contribution in [0.1, 0.15) is 30.2 Å². The lowest BCUT2D eigenvalue weighted by Gasteiger charge is -2.26. The Balaban J connectivity index is 0.00000364. The van der Waals surface area contributed by atoms with Gasteiger partial charge in [-0.2, -0.15) is 13.2 Å². The molecular formula is C18H19ClF3N3O2. The van der Waals surface area contributed by atoms with Crippen molar-refractivity contribution >= 4 is 24.5 Å². The van der Waals surface area contributed by atoms with Crippen LogP contribution in [0.3, 0.4) is 0 Å². The van der Waals surface area contributed by atoms with E-state index in [4.69, 9.17) is 10.6 Å². The van der Waals surface area contributed by atoms with Gasteiger partial charge in [-0.3, -0.25) is 9.78 Å². The molecule has 0 aliphatic heterocycles. The third kappa shape index (κ3) is 5.96. The Labute approximate surface area is 160 Å². The molecule has 9 heteroatoms. The molecule has 5 nitrogen and oxygen atoms in total. The number of rotatable bonds is 7. The molecule has 2 N–H and O–H groups in total. The fraction of sp³-hybridized carbons (Fsp3) is 0.278. The summed E-state index contributed by atoms with van der Waals surface area (Å²) in [6, 6.07) is 9.80. The lowest BCUT2D eigenvalue weighted by molar-refractivity contribution is -0.144. The van der Waals surface area contributed by atoms with Gasteiger partial charge in [-0.25, -0.2) is 0 Å². The first-order valence-electron chi connectivity index (χ1n) is 7.85. The van der Waals surface area contributed by atoms with Crippen molar-refractivity contribution in [2.75, 3.05) is 0 Å². The predicted octanol–water partition coefficient (Wildman–Crippen LogP) is 3.75. The second-order valence-corrected chi connectivity index (χ2v) is 5.66. The van der Waals surface area contributed by atoms with Gasteiger partial charge in [0.25, 0.3) is 5.91 Å². The maximum Gasteiger partial charge on any atom is 0.416 e. The zero-order valence-corrected chi connectivity index (χ0v) is 15.3. The molecule has 0 aliphatic rings. The summed E-state index contributed by atoms with van der Waals surface area (Å²) in [6.07, 6.45) is -1.45. The Morgan fingerprint density at radius 2 is 2.00 bits per heavy atom. The average Bonchev–Trinajstić information content (AvgIpc) is 2.61. The maximum atomic E-state index is 12.7. The topological polar surface area (TPSA) is 77.6 Å². The number of oxime groups is 1. The molecule has 0 fully saturated rings. The van der Waals surface area contributed by atoms with Gasteiger partial charge < -0.3 is 10.6 Å². The third-order valence-electron chi connectivity index (χ3n) is 3.86. The summed E-state index contributed by atoms with van der Waals surface area (Å²) in [6.45, 7) is 1.70. The van der Waals surface area contributed by atoms with Crippen molar-refractivity contribution in [3.8, 4) is 0 Å². The van der Waals surface area contributed by atoms with E-state index in [-0.39, 0.29) is 30.8 Å². The molecule has 2 aromatic rings. The Hall–Kier alpha value is -2.61. The van der Waals surface area contributed by atoms with E-state index in [1.165, 1.54) is 12.1 Å². The highest BCUT2D eigenvalue weighted by atomic mass is 35.5. The zero-order chi connectivity index (χ0) is 19.2. The van der Waals surface area contributed by atoms with Gasteiger partial charge in [0.05, 0.1) is 11.8 Å². The third-order valence-corrected chi connectivity index (χ3v) is 3.86. The highest BCUT2D eigenvalue weighted by molar-refractivity contribution is 5.85. The van der Waals surface area contributed by atoms with E-state index in [0.717, 1.165) is 18.3 Å². The van der Waals surface area contributed by atoms with Gasteiger partial charge in [-0.1, -0.05) is 30.3 Å². The van der Waals surface area contributed by atoms with E-state index in [1.54, 1.807) is 31.3 Å². The van der Waals surface area contributed by atoms with Crippen LogP contribution in [0.4, 0.5) is 13.2 Å². The number of aromatic nitrogens is 1. The summed E-state index contributed by atoms with van der Waals surface area (Å²) in [5, 5.41) is 3.70. The number of hydrogen-bond donors (Lipinski definition) is 1. The molecule has 0 radical (unpaired) electrons. The number of benzene rings is 1. The molecule has 2 rings (SSSR count). The van der Waals surface area contributed by atoms with Crippen LogP contribution in [-0.4, -0.2) is 22.7 Å². The number of carbonyl (C=O) groups excluding carboxylic acids is 1. The highest BCUT2D eigenvalue weighted by Crippen LogP contribution is 2.29. The van der Waals surface area contributed by atoms with Crippen molar-refractivity contribution in [1.29, 1.82) is 0 Å². The largest absolute Gasteiger partial charge is 0.416 e. The maximum absolute atomic E-state index is 12.7. The van der Waals surface area contributed by atoms with Crippen molar-refractivity contribution < 1.29 is 22.8 Å². The molecule has 1 aromatic carbocycles. The van der Waals surface area contributed by atoms with Gasteiger partial charge in [0.15, 0.2) is 0 Å². The van der Waals surface area contributed by atoms with Crippen LogP contribution in [0.5, 0.6) is 0 Å². The summed E-state index contributed by atoms with van der Waals surface area (Å²) in [5.74, 6) is -0.730. The Bertz CT molecular complexity index is 785. The molecule has 1 unspecified atom stereocenters. The second kappa shape index (κ2) is 9.36. The molecule has 1 atom stereocenters. The summed E-state index contributed by atoms with van der Waals surface area (Å²) < 4.78 is 38.2. The van der Waals surface area contributed by atoms with Crippen molar-refractivity contribution in [3.63, 3.8) is 0 Å². The molecule has 0 saturated heterocycles. The average molecular weight is 402 g/mol. The highest BCUT2D eigenvalue weighted by Gasteiger charge is 2.38. The zero-order valence-electron chi connectivity index (χ0n) is 14.4. The van der Waals surface area contributed by atoms with E-state index in [1.807, 2.05) is 0 Å². The first-order chi connectivity index (χ1) is 12.3. The SMILES string of the molecule is CCC(Cc1ccccn1)(O/N=C/c1cccc(C(F)(F)F)c1)C(N)=O.Cl. The van der Waals surface area contributed by atoms with Gasteiger partial charge in [0.1, 0.15) is 0 Å². The van der Waals surface area contributed by atoms with Crippen molar-refractivity contribution in [3.05, 3.63) is 65.5 Å². The minimum atomic E-state index is -4.45. The Kier molecular flexibility index (Phi) is 7.78. The molecule has 0 saturated carbocycles. The Morgan fingerprint density at radius 3 is 2.56 bits per heavy atom. The van der Waals surface area contributed by atoms with Gasteiger partial charge in [0.2, 0.25) is 5.60 Å². The number of nitrogens with two attached hydrogens (primary N) is 1. The number of halogens is 4. The number of alkyl halides is 3. The fourth-order valence-corrected chi connectivity index (χ4v) is 2.31. The summed E-state index contributed by atoms with van der Waals surface area (Å²) in [7, 11) is 0. The quantitative estimate of drug-likeness (QED) is 0.567. The van der Waals surface area contributed by atoms with Crippen molar-refractivity contribution in [2.45, 2.75) is 31.5 Å². The number of amides is 1. The minimum Gasteiger partial charge on any atom is -0.379 e. The monoisotopic (exact) mass is 401 g/mol. The molecule has 0 spiro atoms. The lowest BCUT2D eigenvalue weighted by Crippen LogP contribution is -2.47. The molecule has 1 heterocycles. The van der Waals surface area contributed by atoms with Crippen molar-refractivity contribution in [2.24, 2.45) is 10.9 Å². The fourth-order valence-electron chi connectivity index (χ4n) is 2.31.